The summed E-state index contributed by atoms with van der Waals surface area (Å²) in [5.41, 5.74) is 3.31. The molecular formula is C23H30N6O. The van der Waals surface area contributed by atoms with Crippen LogP contribution in [0.15, 0.2) is 42.5 Å². The molecule has 0 spiro atoms. The maximum absolute atomic E-state index is 5.33. The second-order valence-electron chi connectivity index (χ2n) is 7.88. The molecule has 1 aromatic carbocycles. The number of anilines is 1. The molecule has 0 saturated carbocycles. The summed E-state index contributed by atoms with van der Waals surface area (Å²) in [5.74, 6) is 2.39. The zero-order valence-electron chi connectivity index (χ0n) is 18.0. The number of hydrogen-bond donors (Lipinski definition) is 1. The molecule has 30 heavy (non-hydrogen) atoms. The first kappa shape index (κ1) is 20.3. The van der Waals surface area contributed by atoms with Crippen molar-refractivity contribution in [1.82, 2.24) is 24.9 Å². The van der Waals surface area contributed by atoms with Crippen molar-refractivity contribution in [2.75, 3.05) is 32.1 Å². The Morgan fingerprint density at radius 1 is 1.00 bits per heavy atom. The number of nitrogens with zero attached hydrogens (tertiary/aromatic N) is 5. The van der Waals surface area contributed by atoms with E-state index in [0.29, 0.717) is 0 Å². The molecule has 1 aliphatic rings. The van der Waals surface area contributed by atoms with Crippen molar-refractivity contribution in [1.29, 1.82) is 0 Å². The quantitative estimate of drug-likeness (QED) is 0.641. The SMILES string of the molecule is COc1ccc(C(CNc2ccc(-n3nc(C)cc3C)nn2)N2CCCCC2)cc1. The third kappa shape index (κ3) is 4.62. The van der Waals surface area contributed by atoms with Crippen LogP contribution in [-0.4, -0.2) is 51.6 Å². The lowest BCUT2D eigenvalue weighted by Gasteiger charge is -2.35. The minimum absolute atomic E-state index is 0.286. The number of likely N-dealkylation sites (tertiary alicyclic amines) is 1. The number of aromatic nitrogens is 4. The Morgan fingerprint density at radius 2 is 1.77 bits per heavy atom. The summed E-state index contributed by atoms with van der Waals surface area (Å²) in [5, 5.41) is 16.7. The first-order valence-corrected chi connectivity index (χ1v) is 10.6. The van der Waals surface area contributed by atoms with E-state index >= 15 is 0 Å². The number of nitrogens with one attached hydrogen (secondary N) is 1. The Hall–Kier alpha value is -2.93. The van der Waals surface area contributed by atoms with Gasteiger partial charge in [-0.15, -0.1) is 10.2 Å². The topological polar surface area (TPSA) is 68.1 Å². The van der Waals surface area contributed by atoms with Crippen LogP contribution in [0, 0.1) is 13.8 Å². The normalized spacial score (nSPS) is 15.7. The highest BCUT2D eigenvalue weighted by Gasteiger charge is 2.22. The number of piperidine rings is 1. The van der Waals surface area contributed by atoms with Gasteiger partial charge in [-0.2, -0.15) is 5.10 Å². The molecule has 158 valence electrons. The van der Waals surface area contributed by atoms with Gasteiger partial charge in [0.25, 0.3) is 0 Å². The van der Waals surface area contributed by atoms with Crippen molar-refractivity contribution >= 4 is 5.82 Å². The fraction of sp³-hybridized carbons (Fsp3) is 0.435. The summed E-state index contributed by atoms with van der Waals surface area (Å²) in [6.45, 7) is 7.03. The molecule has 7 nitrogen and oxygen atoms in total. The highest BCUT2D eigenvalue weighted by Crippen LogP contribution is 2.26. The first-order valence-electron chi connectivity index (χ1n) is 10.6. The summed E-state index contributed by atoms with van der Waals surface area (Å²) >= 11 is 0. The van der Waals surface area contributed by atoms with Gasteiger partial charge in [0.1, 0.15) is 11.6 Å². The van der Waals surface area contributed by atoms with Crippen LogP contribution >= 0.6 is 0 Å². The van der Waals surface area contributed by atoms with Gasteiger partial charge in [-0.05, 0) is 75.7 Å². The minimum atomic E-state index is 0.286. The molecule has 1 aliphatic heterocycles. The van der Waals surface area contributed by atoms with E-state index in [2.05, 4.69) is 37.6 Å². The zero-order valence-corrected chi connectivity index (χ0v) is 18.0. The van der Waals surface area contributed by atoms with Crippen molar-refractivity contribution in [3.05, 3.63) is 59.4 Å². The van der Waals surface area contributed by atoms with Crippen molar-refractivity contribution in [2.45, 2.75) is 39.2 Å². The van der Waals surface area contributed by atoms with Crippen molar-refractivity contribution < 1.29 is 4.74 Å². The Balaban J connectivity index is 1.48. The van der Waals surface area contributed by atoms with E-state index in [1.807, 2.05) is 48.9 Å². The van der Waals surface area contributed by atoms with E-state index in [0.717, 1.165) is 48.4 Å². The van der Waals surface area contributed by atoms with Gasteiger partial charge in [0.2, 0.25) is 0 Å². The van der Waals surface area contributed by atoms with Gasteiger partial charge in [-0.25, -0.2) is 4.68 Å². The molecule has 1 N–H and O–H groups in total. The first-order chi connectivity index (χ1) is 14.6. The fourth-order valence-corrected chi connectivity index (χ4v) is 4.11. The zero-order chi connectivity index (χ0) is 20.9. The van der Waals surface area contributed by atoms with E-state index in [9.17, 15) is 0 Å². The van der Waals surface area contributed by atoms with Crippen LogP contribution in [-0.2, 0) is 0 Å². The van der Waals surface area contributed by atoms with Crippen molar-refractivity contribution in [2.24, 2.45) is 0 Å². The van der Waals surface area contributed by atoms with E-state index in [1.54, 1.807) is 7.11 Å². The summed E-state index contributed by atoms with van der Waals surface area (Å²) < 4.78 is 7.15. The standard InChI is InChI=1S/C23H30N6O/c1-17-15-18(2)29(27-17)23-12-11-22(25-26-23)24-16-21(28-13-5-4-6-14-28)19-7-9-20(30-3)10-8-19/h7-12,15,21H,4-6,13-14,16H2,1-3H3,(H,24,25). The largest absolute Gasteiger partial charge is 0.497 e. The second kappa shape index (κ2) is 9.26. The number of benzene rings is 1. The lowest BCUT2D eigenvalue weighted by atomic mass is 10.0. The van der Waals surface area contributed by atoms with E-state index in [1.165, 1.54) is 24.8 Å². The van der Waals surface area contributed by atoms with E-state index in [-0.39, 0.29) is 6.04 Å². The molecule has 4 rings (SSSR count). The van der Waals surface area contributed by atoms with Gasteiger partial charge in [-0.3, -0.25) is 4.90 Å². The molecular weight excluding hydrogens is 376 g/mol. The van der Waals surface area contributed by atoms with Gasteiger partial charge < -0.3 is 10.1 Å². The van der Waals surface area contributed by atoms with Crippen LogP contribution in [0.3, 0.4) is 0 Å². The van der Waals surface area contributed by atoms with Crippen LogP contribution in [0.25, 0.3) is 5.82 Å². The Morgan fingerprint density at radius 3 is 2.37 bits per heavy atom. The number of aryl methyl sites for hydroxylation is 2. The average molecular weight is 407 g/mol. The van der Waals surface area contributed by atoms with Crippen molar-refractivity contribution in [3.63, 3.8) is 0 Å². The summed E-state index contributed by atoms with van der Waals surface area (Å²) in [6.07, 6.45) is 3.83. The number of hydrogen-bond acceptors (Lipinski definition) is 6. The summed E-state index contributed by atoms with van der Waals surface area (Å²) in [4.78, 5) is 2.57. The molecule has 0 radical (unpaired) electrons. The van der Waals surface area contributed by atoms with E-state index in [4.69, 9.17) is 4.74 Å². The highest BCUT2D eigenvalue weighted by molar-refractivity contribution is 5.38. The van der Waals surface area contributed by atoms with Crippen LogP contribution in [0.2, 0.25) is 0 Å². The number of methoxy groups -OCH3 is 1. The Labute approximate surface area is 178 Å². The molecule has 0 aliphatic carbocycles. The molecule has 1 unspecified atom stereocenters. The van der Waals surface area contributed by atoms with E-state index < -0.39 is 0 Å². The molecule has 0 bridgehead atoms. The maximum atomic E-state index is 5.33. The molecule has 3 heterocycles. The molecule has 2 aromatic heterocycles. The number of ether oxygens (including phenoxy) is 1. The number of rotatable bonds is 7. The van der Waals surface area contributed by atoms with Gasteiger partial charge in [0, 0.05) is 12.2 Å². The predicted molar refractivity (Wildman–Crippen MR) is 118 cm³/mol. The third-order valence-corrected chi connectivity index (χ3v) is 5.69. The van der Waals surface area contributed by atoms with Crippen LogP contribution in [0.5, 0.6) is 5.75 Å². The smallest absolute Gasteiger partial charge is 0.176 e. The monoisotopic (exact) mass is 406 g/mol. The molecule has 1 saturated heterocycles. The molecule has 3 aromatic rings. The predicted octanol–water partition coefficient (Wildman–Crippen LogP) is 3.93. The van der Waals surface area contributed by atoms with Gasteiger partial charge in [0.05, 0.1) is 18.8 Å². The Kier molecular flexibility index (Phi) is 6.28. The molecule has 1 atom stereocenters. The lowest BCUT2D eigenvalue weighted by molar-refractivity contribution is 0.170. The van der Waals surface area contributed by atoms with Gasteiger partial charge >= 0.3 is 0 Å². The van der Waals surface area contributed by atoms with Crippen molar-refractivity contribution in [3.8, 4) is 11.6 Å². The highest BCUT2D eigenvalue weighted by atomic mass is 16.5. The fourth-order valence-electron chi connectivity index (χ4n) is 4.11. The maximum Gasteiger partial charge on any atom is 0.176 e. The molecule has 0 amide bonds. The molecule has 1 fully saturated rings. The minimum Gasteiger partial charge on any atom is -0.497 e. The van der Waals surface area contributed by atoms with Crippen LogP contribution < -0.4 is 10.1 Å². The molecule has 7 heteroatoms. The van der Waals surface area contributed by atoms with Gasteiger partial charge in [0.15, 0.2) is 5.82 Å². The Bertz CT molecular complexity index is 945. The second-order valence-corrected chi connectivity index (χ2v) is 7.88. The summed E-state index contributed by atoms with van der Waals surface area (Å²) in [7, 11) is 1.70. The van der Waals surface area contributed by atoms with Crippen LogP contribution in [0.4, 0.5) is 5.82 Å². The van der Waals surface area contributed by atoms with Gasteiger partial charge in [-0.1, -0.05) is 18.6 Å². The average Bonchev–Trinajstić information content (AvgIpc) is 3.13. The lowest BCUT2D eigenvalue weighted by Crippen LogP contribution is -2.37. The third-order valence-electron chi connectivity index (χ3n) is 5.69. The summed E-state index contributed by atoms with van der Waals surface area (Å²) in [6, 6.07) is 14.7. The van der Waals surface area contributed by atoms with Crippen LogP contribution in [0.1, 0.15) is 42.3 Å².